The minimum Gasteiger partial charge on any atom is -0.478 e. The molecule has 16 heavy (non-hydrogen) atoms. The summed E-state index contributed by atoms with van der Waals surface area (Å²) in [6, 6.07) is 4.81. The largest absolute Gasteiger partial charge is 0.478 e. The Morgan fingerprint density at radius 3 is 2.75 bits per heavy atom. The number of benzene rings is 1. The van der Waals surface area contributed by atoms with Gasteiger partial charge in [0.15, 0.2) is 0 Å². The number of carboxylic acids is 1. The Morgan fingerprint density at radius 2 is 2.19 bits per heavy atom. The highest BCUT2D eigenvalue weighted by molar-refractivity contribution is 9.10. The summed E-state index contributed by atoms with van der Waals surface area (Å²) in [6.45, 7) is 0. The van der Waals surface area contributed by atoms with Gasteiger partial charge in [-0.1, -0.05) is 27.5 Å². The van der Waals surface area contributed by atoms with Crippen LogP contribution in [0.15, 0.2) is 35.1 Å². The smallest absolute Gasteiger partial charge is 0.335 e. The molecule has 0 aliphatic heterocycles. The van der Waals surface area contributed by atoms with Gasteiger partial charge in [0, 0.05) is 10.7 Å². The summed E-state index contributed by atoms with van der Waals surface area (Å²) in [5.41, 5.74) is 0.828. The molecule has 0 saturated heterocycles. The molecule has 0 aliphatic carbocycles. The van der Waals surface area contributed by atoms with E-state index in [0.717, 1.165) is 0 Å². The van der Waals surface area contributed by atoms with Crippen molar-refractivity contribution in [1.82, 2.24) is 9.78 Å². The predicted molar refractivity (Wildman–Crippen MR) is 63.2 cm³/mol. The third kappa shape index (κ3) is 2.25. The number of aromatic nitrogens is 2. The average molecular weight is 302 g/mol. The van der Waals surface area contributed by atoms with E-state index in [4.69, 9.17) is 16.7 Å². The summed E-state index contributed by atoms with van der Waals surface area (Å²) in [5, 5.41) is 13.4. The lowest BCUT2D eigenvalue weighted by Crippen LogP contribution is -2.00. The highest BCUT2D eigenvalue weighted by Crippen LogP contribution is 2.19. The van der Waals surface area contributed by atoms with E-state index in [1.807, 2.05) is 0 Å². The number of hydrogen-bond acceptors (Lipinski definition) is 2. The summed E-state index contributed by atoms with van der Waals surface area (Å²) in [6.07, 6.45) is 3.10. The number of aromatic carboxylic acids is 1. The first-order chi connectivity index (χ1) is 7.56. The van der Waals surface area contributed by atoms with Gasteiger partial charge in [0.2, 0.25) is 0 Å². The van der Waals surface area contributed by atoms with Gasteiger partial charge < -0.3 is 5.11 Å². The number of halogens is 2. The van der Waals surface area contributed by atoms with E-state index < -0.39 is 5.97 Å². The van der Waals surface area contributed by atoms with E-state index in [1.54, 1.807) is 12.3 Å². The highest BCUT2D eigenvalue weighted by Gasteiger charge is 2.07. The fourth-order valence-corrected chi connectivity index (χ4v) is 1.89. The molecular weight excluding hydrogens is 295 g/mol. The van der Waals surface area contributed by atoms with Crippen LogP contribution >= 0.6 is 27.5 Å². The number of rotatable bonds is 2. The number of hydrogen-bond donors (Lipinski definition) is 1. The molecular formula is C10H6BrClN2O2. The molecule has 0 unspecified atom stereocenters. The van der Waals surface area contributed by atoms with E-state index in [-0.39, 0.29) is 5.56 Å². The van der Waals surface area contributed by atoms with Crippen molar-refractivity contribution in [3.8, 4) is 5.69 Å². The molecule has 0 radical (unpaired) electrons. The van der Waals surface area contributed by atoms with E-state index in [2.05, 4.69) is 21.0 Å². The Morgan fingerprint density at radius 1 is 1.44 bits per heavy atom. The molecule has 1 aromatic heterocycles. The molecule has 2 rings (SSSR count). The van der Waals surface area contributed by atoms with Crippen LogP contribution in [0.25, 0.3) is 5.69 Å². The van der Waals surface area contributed by atoms with Crippen molar-refractivity contribution in [2.75, 3.05) is 0 Å². The molecule has 1 aromatic carbocycles. The molecule has 4 nitrogen and oxygen atoms in total. The molecule has 0 bridgehead atoms. The van der Waals surface area contributed by atoms with Crippen molar-refractivity contribution < 1.29 is 9.90 Å². The van der Waals surface area contributed by atoms with Crippen LogP contribution in [-0.4, -0.2) is 20.9 Å². The first-order valence-electron chi connectivity index (χ1n) is 4.31. The van der Waals surface area contributed by atoms with Crippen molar-refractivity contribution >= 4 is 33.5 Å². The number of carbonyl (C=O) groups is 1. The van der Waals surface area contributed by atoms with Gasteiger partial charge in [-0.3, -0.25) is 0 Å². The zero-order valence-electron chi connectivity index (χ0n) is 7.89. The van der Waals surface area contributed by atoms with Gasteiger partial charge in [0.1, 0.15) is 0 Å². The summed E-state index contributed by atoms with van der Waals surface area (Å²) in [4.78, 5) is 10.9. The molecule has 82 valence electrons. The second kappa shape index (κ2) is 4.27. The van der Waals surface area contributed by atoms with Gasteiger partial charge in [-0.25, -0.2) is 9.48 Å². The van der Waals surface area contributed by atoms with Crippen molar-refractivity contribution in [3.63, 3.8) is 0 Å². The quantitative estimate of drug-likeness (QED) is 0.927. The predicted octanol–water partition coefficient (Wildman–Crippen LogP) is 2.99. The summed E-state index contributed by atoms with van der Waals surface area (Å²) in [7, 11) is 0. The molecule has 0 amide bonds. The Balaban J connectivity index is 2.53. The molecule has 2 aromatic rings. The van der Waals surface area contributed by atoms with Crippen molar-refractivity contribution in [3.05, 3.63) is 45.7 Å². The Hall–Kier alpha value is -1.33. The van der Waals surface area contributed by atoms with Gasteiger partial charge >= 0.3 is 5.97 Å². The van der Waals surface area contributed by atoms with Crippen LogP contribution in [0.5, 0.6) is 0 Å². The van der Waals surface area contributed by atoms with E-state index in [0.29, 0.717) is 15.2 Å². The van der Waals surface area contributed by atoms with Crippen molar-refractivity contribution in [1.29, 1.82) is 0 Å². The van der Waals surface area contributed by atoms with E-state index in [9.17, 15) is 4.79 Å². The van der Waals surface area contributed by atoms with Crippen LogP contribution in [0.2, 0.25) is 5.02 Å². The second-order valence-corrected chi connectivity index (χ2v) is 4.46. The molecule has 6 heteroatoms. The van der Waals surface area contributed by atoms with Gasteiger partial charge in [-0.2, -0.15) is 5.10 Å². The molecule has 0 fully saturated rings. The summed E-state index contributed by atoms with van der Waals surface area (Å²) in [5.74, 6) is -0.985. The van der Waals surface area contributed by atoms with E-state index >= 15 is 0 Å². The molecule has 0 aliphatic rings. The lowest BCUT2D eigenvalue weighted by molar-refractivity contribution is 0.0697. The third-order valence-corrected chi connectivity index (χ3v) is 2.60. The first-order valence-corrected chi connectivity index (χ1v) is 5.48. The zero-order chi connectivity index (χ0) is 11.7. The summed E-state index contributed by atoms with van der Waals surface area (Å²) >= 11 is 8.99. The number of carboxylic acid groups (broad SMARTS) is 1. The van der Waals surface area contributed by atoms with Crippen molar-refractivity contribution in [2.45, 2.75) is 0 Å². The minimum atomic E-state index is -0.985. The van der Waals surface area contributed by atoms with Gasteiger partial charge in [-0.15, -0.1) is 0 Å². The Bertz CT molecular complexity index is 554. The molecule has 1 heterocycles. The highest BCUT2D eigenvalue weighted by atomic mass is 79.9. The Labute approximate surface area is 105 Å². The van der Waals surface area contributed by atoms with Crippen LogP contribution in [0.4, 0.5) is 0 Å². The van der Waals surface area contributed by atoms with E-state index in [1.165, 1.54) is 23.0 Å². The monoisotopic (exact) mass is 300 g/mol. The molecule has 0 spiro atoms. The van der Waals surface area contributed by atoms with Crippen LogP contribution in [0.3, 0.4) is 0 Å². The summed E-state index contributed by atoms with van der Waals surface area (Å²) < 4.78 is 2.19. The van der Waals surface area contributed by atoms with Gasteiger partial charge in [0.05, 0.1) is 22.5 Å². The molecule has 0 saturated carbocycles. The van der Waals surface area contributed by atoms with Crippen LogP contribution in [0, 0.1) is 0 Å². The van der Waals surface area contributed by atoms with Crippen LogP contribution in [0.1, 0.15) is 10.4 Å². The second-order valence-electron chi connectivity index (χ2n) is 3.11. The molecule has 0 atom stereocenters. The lowest BCUT2D eigenvalue weighted by Gasteiger charge is -2.03. The van der Waals surface area contributed by atoms with Gasteiger partial charge in [-0.05, 0) is 18.2 Å². The SMILES string of the molecule is O=C(O)c1cc(Br)cc(-n2cc(Cl)cn2)c1. The normalized spacial score (nSPS) is 10.4. The average Bonchev–Trinajstić information content (AvgIpc) is 2.64. The maximum Gasteiger partial charge on any atom is 0.335 e. The first kappa shape index (κ1) is 11.2. The maximum atomic E-state index is 10.9. The molecule has 1 N–H and O–H groups in total. The lowest BCUT2D eigenvalue weighted by atomic mass is 10.2. The standard InChI is InChI=1S/C10H6BrClN2O2/c11-7-1-6(10(15)16)2-9(3-7)14-5-8(12)4-13-14/h1-5H,(H,15,16). The minimum absolute atomic E-state index is 0.191. The fourth-order valence-electron chi connectivity index (χ4n) is 1.27. The van der Waals surface area contributed by atoms with Crippen LogP contribution in [-0.2, 0) is 0 Å². The fraction of sp³-hybridized carbons (Fsp3) is 0. The van der Waals surface area contributed by atoms with Crippen LogP contribution < -0.4 is 0 Å². The zero-order valence-corrected chi connectivity index (χ0v) is 10.2. The third-order valence-electron chi connectivity index (χ3n) is 1.95. The van der Waals surface area contributed by atoms with Crippen molar-refractivity contribution in [2.24, 2.45) is 0 Å². The maximum absolute atomic E-state index is 10.9. The Kier molecular flexibility index (Phi) is 2.98. The topological polar surface area (TPSA) is 55.1 Å². The number of nitrogens with zero attached hydrogens (tertiary/aromatic N) is 2. The van der Waals surface area contributed by atoms with Gasteiger partial charge in [0.25, 0.3) is 0 Å².